The van der Waals surface area contributed by atoms with Crippen molar-refractivity contribution in [3.8, 4) is 5.75 Å². The molecule has 0 spiro atoms. The maximum atomic E-state index is 11.9. The summed E-state index contributed by atoms with van der Waals surface area (Å²) < 4.78 is 10.9. The highest BCUT2D eigenvalue weighted by Gasteiger charge is 2.07. The molecule has 0 saturated heterocycles. The van der Waals surface area contributed by atoms with Gasteiger partial charge in [0, 0.05) is 18.7 Å². The molecule has 1 aromatic rings. The molecule has 0 saturated carbocycles. The van der Waals surface area contributed by atoms with Crippen LogP contribution in [0.3, 0.4) is 0 Å². The molecular weight excluding hydrogens is 254 g/mol. The van der Waals surface area contributed by atoms with Gasteiger partial charge in [-0.25, -0.2) is 0 Å². The lowest BCUT2D eigenvalue weighted by molar-refractivity contribution is 0.0912. The molecule has 0 radical (unpaired) electrons. The van der Waals surface area contributed by atoms with Gasteiger partial charge in [0.05, 0.1) is 13.2 Å². The number of unbranched alkanes of at least 4 members (excludes halogenated alkanes) is 1. The van der Waals surface area contributed by atoms with E-state index in [2.05, 4.69) is 12.2 Å². The van der Waals surface area contributed by atoms with Gasteiger partial charge in [-0.3, -0.25) is 4.79 Å². The van der Waals surface area contributed by atoms with Gasteiger partial charge in [0.15, 0.2) is 0 Å². The second kappa shape index (κ2) is 9.37. The lowest BCUT2D eigenvalue weighted by Crippen LogP contribution is -2.27. The largest absolute Gasteiger partial charge is 0.494 e. The van der Waals surface area contributed by atoms with Gasteiger partial charge in [-0.15, -0.1) is 0 Å². The molecule has 1 rings (SSSR count). The van der Waals surface area contributed by atoms with Crippen LogP contribution in [-0.4, -0.2) is 32.3 Å². The Kier molecular flexibility index (Phi) is 7.73. The quantitative estimate of drug-likeness (QED) is 0.707. The SMILES string of the molecule is CCCCOCCNC(=O)c1ccc(OCC)c(C)c1. The highest BCUT2D eigenvalue weighted by Crippen LogP contribution is 2.18. The van der Waals surface area contributed by atoms with E-state index in [1.165, 1.54) is 0 Å². The van der Waals surface area contributed by atoms with Crippen molar-refractivity contribution >= 4 is 5.91 Å². The van der Waals surface area contributed by atoms with Crippen molar-refractivity contribution in [1.29, 1.82) is 0 Å². The first-order valence-corrected chi connectivity index (χ1v) is 7.28. The summed E-state index contributed by atoms with van der Waals surface area (Å²) in [5.74, 6) is 0.752. The lowest BCUT2D eigenvalue weighted by atomic mass is 10.1. The van der Waals surface area contributed by atoms with Gasteiger partial charge in [0.25, 0.3) is 5.91 Å². The standard InChI is InChI=1S/C16H25NO3/c1-4-6-10-19-11-9-17-16(18)14-7-8-15(20-5-2)13(3)12-14/h7-8,12H,4-6,9-11H2,1-3H3,(H,17,18). The van der Waals surface area contributed by atoms with Crippen molar-refractivity contribution in [2.75, 3.05) is 26.4 Å². The predicted molar refractivity (Wildman–Crippen MR) is 80.4 cm³/mol. The summed E-state index contributed by atoms with van der Waals surface area (Å²) in [6.45, 7) is 8.49. The van der Waals surface area contributed by atoms with Crippen molar-refractivity contribution in [1.82, 2.24) is 5.32 Å². The van der Waals surface area contributed by atoms with Crippen molar-refractivity contribution in [2.45, 2.75) is 33.6 Å². The van der Waals surface area contributed by atoms with E-state index >= 15 is 0 Å². The van der Waals surface area contributed by atoms with Crippen molar-refractivity contribution < 1.29 is 14.3 Å². The zero-order valence-electron chi connectivity index (χ0n) is 12.7. The fourth-order valence-corrected chi connectivity index (χ4v) is 1.80. The van der Waals surface area contributed by atoms with Crippen molar-refractivity contribution in [2.24, 2.45) is 0 Å². The van der Waals surface area contributed by atoms with Crippen LogP contribution in [0.4, 0.5) is 0 Å². The molecule has 0 aromatic heterocycles. The molecule has 1 N–H and O–H groups in total. The predicted octanol–water partition coefficient (Wildman–Crippen LogP) is 2.94. The summed E-state index contributed by atoms with van der Waals surface area (Å²) in [7, 11) is 0. The van der Waals surface area contributed by atoms with Gasteiger partial charge >= 0.3 is 0 Å². The first-order valence-electron chi connectivity index (χ1n) is 7.28. The molecule has 112 valence electrons. The second-order valence-electron chi connectivity index (χ2n) is 4.64. The maximum absolute atomic E-state index is 11.9. The van der Waals surface area contributed by atoms with E-state index in [-0.39, 0.29) is 5.91 Å². The molecule has 1 aromatic carbocycles. The minimum atomic E-state index is -0.0739. The third-order valence-electron chi connectivity index (χ3n) is 2.91. The number of carbonyl (C=O) groups excluding carboxylic acids is 1. The minimum absolute atomic E-state index is 0.0739. The third-order valence-corrected chi connectivity index (χ3v) is 2.91. The van der Waals surface area contributed by atoms with Crippen molar-refractivity contribution in [3.63, 3.8) is 0 Å². The van der Waals surface area contributed by atoms with E-state index in [9.17, 15) is 4.79 Å². The molecule has 20 heavy (non-hydrogen) atoms. The van der Waals surface area contributed by atoms with E-state index in [0.717, 1.165) is 30.8 Å². The summed E-state index contributed by atoms with van der Waals surface area (Å²) in [4.78, 5) is 11.9. The Morgan fingerprint density at radius 2 is 2.05 bits per heavy atom. The number of ether oxygens (including phenoxy) is 2. The molecular formula is C16H25NO3. The van der Waals surface area contributed by atoms with Crippen LogP contribution in [0.2, 0.25) is 0 Å². The normalized spacial score (nSPS) is 10.3. The molecule has 0 atom stereocenters. The van der Waals surface area contributed by atoms with Gasteiger partial charge in [0.1, 0.15) is 5.75 Å². The van der Waals surface area contributed by atoms with Crippen LogP contribution >= 0.6 is 0 Å². The highest BCUT2D eigenvalue weighted by molar-refractivity contribution is 5.94. The van der Waals surface area contributed by atoms with Gasteiger partial charge in [-0.05, 0) is 44.0 Å². The number of rotatable bonds is 9. The van der Waals surface area contributed by atoms with E-state index in [1.54, 1.807) is 6.07 Å². The number of nitrogens with one attached hydrogen (secondary N) is 1. The molecule has 0 bridgehead atoms. The van der Waals surface area contributed by atoms with Crippen LogP contribution in [0.25, 0.3) is 0 Å². The van der Waals surface area contributed by atoms with E-state index in [0.29, 0.717) is 25.3 Å². The van der Waals surface area contributed by atoms with E-state index in [4.69, 9.17) is 9.47 Å². The fourth-order valence-electron chi connectivity index (χ4n) is 1.80. The van der Waals surface area contributed by atoms with Gasteiger partial charge < -0.3 is 14.8 Å². The van der Waals surface area contributed by atoms with E-state index < -0.39 is 0 Å². The van der Waals surface area contributed by atoms with E-state index in [1.807, 2.05) is 26.0 Å². The summed E-state index contributed by atoms with van der Waals surface area (Å²) in [6.07, 6.45) is 2.18. The zero-order valence-corrected chi connectivity index (χ0v) is 12.7. The average molecular weight is 279 g/mol. The Hall–Kier alpha value is -1.55. The van der Waals surface area contributed by atoms with Crippen LogP contribution < -0.4 is 10.1 Å². The molecule has 0 fully saturated rings. The minimum Gasteiger partial charge on any atom is -0.494 e. The molecule has 0 heterocycles. The number of aryl methyl sites for hydroxylation is 1. The summed E-state index contributed by atoms with van der Waals surface area (Å²) in [6, 6.07) is 5.47. The van der Waals surface area contributed by atoms with Gasteiger partial charge in [-0.1, -0.05) is 13.3 Å². The number of benzene rings is 1. The Balaban J connectivity index is 2.38. The number of carbonyl (C=O) groups is 1. The number of hydrogen-bond acceptors (Lipinski definition) is 3. The molecule has 0 aliphatic carbocycles. The maximum Gasteiger partial charge on any atom is 0.251 e. The number of amides is 1. The molecule has 4 nitrogen and oxygen atoms in total. The first-order chi connectivity index (χ1) is 9.69. The zero-order chi connectivity index (χ0) is 14.8. The fraction of sp³-hybridized carbons (Fsp3) is 0.562. The van der Waals surface area contributed by atoms with Gasteiger partial charge in [-0.2, -0.15) is 0 Å². The third kappa shape index (κ3) is 5.61. The van der Waals surface area contributed by atoms with Crippen LogP contribution in [0.15, 0.2) is 18.2 Å². The molecule has 0 unspecified atom stereocenters. The summed E-state index contributed by atoms with van der Waals surface area (Å²) in [5, 5.41) is 2.85. The van der Waals surface area contributed by atoms with Crippen LogP contribution in [0.5, 0.6) is 5.75 Å². The Labute approximate surface area is 121 Å². The Morgan fingerprint density at radius 1 is 1.25 bits per heavy atom. The van der Waals surface area contributed by atoms with Crippen LogP contribution in [-0.2, 0) is 4.74 Å². The highest BCUT2D eigenvalue weighted by atomic mass is 16.5. The molecule has 1 amide bonds. The number of hydrogen-bond donors (Lipinski definition) is 1. The average Bonchev–Trinajstić information content (AvgIpc) is 2.45. The second-order valence-corrected chi connectivity index (χ2v) is 4.64. The Bertz CT molecular complexity index is 418. The lowest BCUT2D eigenvalue weighted by Gasteiger charge is -2.10. The smallest absolute Gasteiger partial charge is 0.251 e. The Morgan fingerprint density at radius 3 is 2.70 bits per heavy atom. The summed E-state index contributed by atoms with van der Waals surface area (Å²) >= 11 is 0. The topological polar surface area (TPSA) is 47.6 Å². The van der Waals surface area contributed by atoms with Crippen LogP contribution in [0, 0.1) is 6.92 Å². The molecule has 4 heteroatoms. The molecule has 0 aliphatic rings. The van der Waals surface area contributed by atoms with Crippen molar-refractivity contribution in [3.05, 3.63) is 29.3 Å². The molecule has 0 aliphatic heterocycles. The monoisotopic (exact) mass is 279 g/mol. The van der Waals surface area contributed by atoms with Gasteiger partial charge in [0.2, 0.25) is 0 Å². The van der Waals surface area contributed by atoms with Crippen LogP contribution in [0.1, 0.15) is 42.6 Å². The first kappa shape index (κ1) is 16.5. The summed E-state index contributed by atoms with van der Waals surface area (Å²) in [5.41, 5.74) is 1.62.